The van der Waals surface area contributed by atoms with E-state index in [4.69, 9.17) is 9.47 Å². The van der Waals surface area contributed by atoms with Gasteiger partial charge in [0.15, 0.2) is 5.79 Å². The summed E-state index contributed by atoms with van der Waals surface area (Å²) in [6.07, 6.45) is 10.5. The van der Waals surface area contributed by atoms with Gasteiger partial charge in [-0.15, -0.1) is 0 Å². The summed E-state index contributed by atoms with van der Waals surface area (Å²) in [7, 11) is 0. The molecule has 0 bridgehead atoms. The Morgan fingerprint density at radius 3 is 2.17 bits per heavy atom. The molecular weight excluding hydrogens is 226 g/mol. The van der Waals surface area contributed by atoms with E-state index in [1.807, 2.05) is 0 Å². The van der Waals surface area contributed by atoms with Crippen LogP contribution in [-0.2, 0) is 9.47 Å². The van der Waals surface area contributed by atoms with Crippen molar-refractivity contribution in [2.45, 2.75) is 64.1 Å². The molecule has 2 heterocycles. The lowest BCUT2D eigenvalue weighted by atomic mass is 10.0. The second-order valence-corrected chi connectivity index (χ2v) is 5.72. The van der Waals surface area contributed by atoms with Gasteiger partial charge in [0, 0.05) is 25.9 Å². The monoisotopic (exact) mass is 255 g/mol. The minimum absolute atomic E-state index is 0.197. The number of rotatable bonds is 7. The maximum atomic E-state index is 5.75. The van der Waals surface area contributed by atoms with Crippen LogP contribution in [0.2, 0.25) is 0 Å². The highest BCUT2D eigenvalue weighted by Gasteiger charge is 2.39. The van der Waals surface area contributed by atoms with E-state index in [0.717, 1.165) is 39.1 Å². The van der Waals surface area contributed by atoms with E-state index in [1.165, 1.54) is 45.1 Å². The summed E-state index contributed by atoms with van der Waals surface area (Å²) in [5, 5.41) is 0. The summed E-state index contributed by atoms with van der Waals surface area (Å²) in [4.78, 5) is 2.58. The van der Waals surface area contributed by atoms with Gasteiger partial charge in [0.05, 0.1) is 13.2 Å². The fraction of sp³-hybridized carbons (Fsp3) is 1.00. The Balaban J connectivity index is 1.51. The molecule has 18 heavy (non-hydrogen) atoms. The van der Waals surface area contributed by atoms with Gasteiger partial charge in [-0.3, -0.25) is 0 Å². The molecule has 2 rings (SSSR count). The van der Waals surface area contributed by atoms with E-state index in [0.29, 0.717) is 0 Å². The van der Waals surface area contributed by atoms with Crippen molar-refractivity contribution in [1.82, 2.24) is 4.90 Å². The van der Waals surface area contributed by atoms with Gasteiger partial charge in [-0.1, -0.05) is 39.0 Å². The molecule has 0 saturated carbocycles. The molecule has 0 aromatic carbocycles. The quantitative estimate of drug-likeness (QED) is 0.652. The molecule has 0 aliphatic carbocycles. The normalized spacial score (nSPS) is 23.8. The number of likely N-dealkylation sites (tertiary alicyclic amines) is 1. The summed E-state index contributed by atoms with van der Waals surface area (Å²) >= 11 is 0. The average Bonchev–Trinajstić information content (AvgIpc) is 2.85. The van der Waals surface area contributed by atoms with Crippen molar-refractivity contribution in [3.63, 3.8) is 0 Å². The van der Waals surface area contributed by atoms with E-state index in [2.05, 4.69) is 11.8 Å². The van der Waals surface area contributed by atoms with Gasteiger partial charge in [0.2, 0.25) is 0 Å². The van der Waals surface area contributed by atoms with E-state index in [9.17, 15) is 0 Å². The largest absolute Gasteiger partial charge is 0.347 e. The number of hydrogen-bond donors (Lipinski definition) is 0. The lowest BCUT2D eigenvalue weighted by molar-refractivity contribution is -0.185. The highest BCUT2D eigenvalue weighted by Crippen LogP contribution is 2.31. The van der Waals surface area contributed by atoms with Crippen LogP contribution in [-0.4, -0.2) is 43.5 Å². The SMILES string of the molecule is CCCCCCCCN1CCC2(CC1)OCCO2. The Morgan fingerprint density at radius 1 is 0.889 bits per heavy atom. The number of ether oxygens (including phenoxy) is 2. The van der Waals surface area contributed by atoms with Crippen LogP contribution in [0.5, 0.6) is 0 Å². The Labute approximate surface area is 112 Å². The standard InChI is InChI=1S/C15H29NO2/c1-2-3-4-5-6-7-10-16-11-8-15(9-12-16)17-13-14-18-15/h2-14H2,1H3. The maximum absolute atomic E-state index is 5.75. The minimum atomic E-state index is -0.197. The van der Waals surface area contributed by atoms with E-state index in [1.54, 1.807) is 0 Å². The lowest BCUT2D eigenvalue weighted by Crippen LogP contribution is -2.45. The predicted octanol–water partition coefficient (Wildman–Crippen LogP) is 3.19. The summed E-state index contributed by atoms with van der Waals surface area (Å²) in [6.45, 7) is 7.41. The number of hydrogen-bond acceptors (Lipinski definition) is 3. The third-order valence-corrected chi connectivity index (χ3v) is 4.26. The molecule has 0 atom stereocenters. The van der Waals surface area contributed by atoms with E-state index < -0.39 is 0 Å². The van der Waals surface area contributed by atoms with Crippen LogP contribution < -0.4 is 0 Å². The van der Waals surface area contributed by atoms with Crippen LogP contribution in [0.15, 0.2) is 0 Å². The van der Waals surface area contributed by atoms with Gasteiger partial charge in [-0.05, 0) is 13.0 Å². The number of nitrogens with zero attached hydrogens (tertiary/aromatic N) is 1. The first-order valence-corrected chi connectivity index (χ1v) is 7.85. The molecule has 2 aliphatic heterocycles. The summed E-state index contributed by atoms with van der Waals surface area (Å²) < 4.78 is 11.5. The zero-order chi connectivity index (χ0) is 12.7. The maximum Gasteiger partial charge on any atom is 0.170 e. The zero-order valence-electron chi connectivity index (χ0n) is 12.0. The van der Waals surface area contributed by atoms with Crippen molar-refractivity contribution in [2.75, 3.05) is 32.8 Å². The molecule has 0 amide bonds. The summed E-state index contributed by atoms with van der Waals surface area (Å²) in [5.41, 5.74) is 0. The summed E-state index contributed by atoms with van der Waals surface area (Å²) in [6, 6.07) is 0. The smallest absolute Gasteiger partial charge is 0.170 e. The molecule has 0 aromatic rings. The first-order chi connectivity index (χ1) is 8.85. The van der Waals surface area contributed by atoms with Gasteiger partial charge in [-0.2, -0.15) is 0 Å². The molecule has 0 N–H and O–H groups in total. The van der Waals surface area contributed by atoms with Gasteiger partial charge in [0.1, 0.15) is 0 Å². The van der Waals surface area contributed by atoms with Gasteiger partial charge >= 0.3 is 0 Å². The molecule has 1 spiro atoms. The van der Waals surface area contributed by atoms with Crippen molar-refractivity contribution >= 4 is 0 Å². The Hall–Kier alpha value is -0.120. The number of piperidine rings is 1. The zero-order valence-corrected chi connectivity index (χ0v) is 12.0. The van der Waals surface area contributed by atoms with Gasteiger partial charge in [0.25, 0.3) is 0 Å². The van der Waals surface area contributed by atoms with Crippen molar-refractivity contribution in [1.29, 1.82) is 0 Å². The van der Waals surface area contributed by atoms with Crippen molar-refractivity contribution < 1.29 is 9.47 Å². The van der Waals surface area contributed by atoms with Crippen molar-refractivity contribution in [3.05, 3.63) is 0 Å². The Kier molecular flexibility index (Phi) is 5.93. The molecule has 2 saturated heterocycles. The van der Waals surface area contributed by atoms with Gasteiger partial charge < -0.3 is 14.4 Å². The third-order valence-electron chi connectivity index (χ3n) is 4.26. The molecule has 2 aliphatic rings. The molecular formula is C15H29NO2. The Morgan fingerprint density at radius 2 is 1.50 bits per heavy atom. The van der Waals surface area contributed by atoms with Crippen LogP contribution >= 0.6 is 0 Å². The van der Waals surface area contributed by atoms with Crippen LogP contribution in [0.1, 0.15) is 58.3 Å². The molecule has 3 heteroatoms. The second kappa shape index (κ2) is 7.46. The highest BCUT2D eigenvalue weighted by atomic mass is 16.7. The molecule has 2 fully saturated rings. The van der Waals surface area contributed by atoms with Crippen LogP contribution in [0.3, 0.4) is 0 Å². The molecule has 0 radical (unpaired) electrons. The molecule has 3 nitrogen and oxygen atoms in total. The first-order valence-electron chi connectivity index (χ1n) is 7.85. The predicted molar refractivity (Wildman–Crippen MR) is 73.7 cm³/mol. The lowest BCUT2D eigenvalue weighted by Gasteiger charge is -2.37. The second-order valence-electron chi connectivity index (χ2n) is 5.72. The van der Waals surface area contributed by atoms with Crippen molar-refractivity contribution in [2.24, 2.45) is 0 Å². The molecule has 0 unspecified atom stereocenters. The van der Waals surface area contributed by atoms with Crippen molar-refractivity contribution in [3.8, 4) is 0 Å². The average molecular weight is 255 g/mol. The minimum Gasteiger partial charge on any atom is -0.347 e. The fourth-order valence-corrected chi connectivity index (χ4v) is 3.02. The van der Waals surface area contributed by atoms with E-state index in [-0.39, 0.29) is 5.79 Å². The highest BCUT2D eigenvalue weighted by molar-refractivity contribution is 4.82. The fourth-order valence-electron chi connectivity index (χ4n) is 3.02. The molecule has 106 valence electrons. The van der Waals surface area contributed by atoms with Crippen LogP contribution in [0.25, 0.3) is 0 Å². The van der Waals surface area contributed by atoms with E-state index >= 15 is 0 Å². The number of unbranched alkanes of at least 4 members (excludes halogenated alkanes) is 5. The summed E-state index contributed by atoms with van der Waals surface area (Å²) in [5.74, 6) is -0.197. The van der Waals surface area contributed by atoms with Crippen LogP contribution in [0, 0.1) is 0 Å². The van der Waals surface area contributed by atoms with Gasteiger partial charge in [-0.25, -0.2) is 0 Å². The third kappa shape index (κ3) is 4.22. The Bertz CT molecular complexity index is 217. The van der Waals surface area contributed by atoms with Crippen LogP contribution in [0.4, 0.5) is 0 Å². The first kappa shape index (κ1) is 14.3. The topological polar surface area (TPSA) is 21.7 Å². The molecule has 0 aromatic heterocycles.